The van der Waals surface area contributed by atoms with Crippen molar-refractivity contribution in [3.8, 4) is 0 Å². The average Bonchev–Trinajstić information content (AvgIpc) is 2.56. The van der Waals surface area contributed by atoms with E-state index in [0.717, 1.165) is 24.4 Å². The van der Waals surface area contributed by atoms with Crippen LogP contribution in [0.15, 0.2) is 57.9 Å². The first-order valence-electron chi connectivity index (χ1n) is 7.06. The third-order valence-electron chi connectivity index (χ3n) is 3.57. The normalized spacial score (nSPS) is 11.5. The van der Waals surface area contributed by atoms with E-state index in [9.17, 15) is 22.8 Å². The SMILES string of the molecule is O=C(Nc1ccccc1Br)c1c[nH]c2cc(C(F)(F)F)ccc2c1=O. The first-order chi connectivity index (χ1) is 11.8. The van der Waals surface area contributed by atoms with E-state index >= 15 is 0 Å². The predicted molar refractivity (Wildman–Crippen MR) is 91.7 cm³/mol. The maximum Gasteiger partial charge on any atom is 0.416 e. The van der Waals surface area contributed by atoms with Gasteiger partial charge in [0, 0.05) is 21.6 Å². The van der Waals surface area contributed by atoms with E-state index in [2.05, 4.69) is 26.2 Å². The highest BCUT2D eigenvalue weighted by atomic mass is 79.9. The Morgan fingerprint density at radius 2 is 1.84 bits per heavy atom. The van der Waals surface area contributed by atoms with Gasteiger partial charge in [0.2, 0.25) is 5.43 Å². The van der Waals surface area contributed by atoms with Gasteiger partial charge in [0.15, 0.2) is 0 Å². The van der Waals surface area contributed by atoms with E-state index in [4.69, 9.17) is 0 Å². The second kappa shape index (κ2) is 6.36. The van der Waals surface area contributed by atoms with E-state index < -0.39 is 23.1 Å². The zero-order valence-electron chi connectivity index (χ0n) is 12.4. The molecule has 1 aromatic heterocycles. The Hall–Kier alpha value is -2.61. The molecule has 0 saturated carbocycles. The van der Waals surface area contributed by atoms with Crippen LogP contribution >= 0.6 is 15.9 Å². The zero-order valence-corrected chi connectivity index (χ0v) is 14.0. The molecule has 1 heterocycles. The van der Waals surface area contributed by atoms with Gasteiger partial charge >= 0.3 is 6.18 Å². The van der Waals surface area contributed by atoms with Crippen LogP contribution in [0.1, 0.15) is 15.9 Å². The number of aromatic nitrogens is 1. The van der Waals surface area contributed by atoms with Gasteiger partial charge in [-0.3, -0.25) is 9.59 Å². The molecule has 0 unspecified atom stereocenters. The Kier molecular flexibility index (Phi) is 4.38. The molecule has 0 fully saturated rings. The number of rotatable bonds is 2. The molecule has 2 N–H and O–H groups in total. The van der Waals surface area contributed by atoms with Crippen molar-refractivity contribution in [1.82, 2.24) is 4.98 Å². The van der Waals surface area contributed by atoms with Crippen LogP contribution in [-0.4, -0.2) is 10.9 Å². The molecule has 0 radical (unpaired) electrons. The number of aromatic amines is 1. The lowest BCUT2D eigenvalue weighted by Crippen LogP contribution is -2.22. The van der Waals surface area contributed by atoms with Crippen molar-refractivity contribution in [3.63, 3.8) is 0 Å². The number of halogens is 4. The van der Waals surface area contributed by atoms with E-state index in [1.54, 1.807) is 24.3 Å². The van der Waals surface area contributed by atoms with Crippen LogP contribution in [0.25, 0.3) is 10.9 Å². The first-order valence-corrected chi connectivity index (χ1v) is 7.85. The molecule has 0 atom stereocenters. The highest BCUT2D eigenvalue weighted by Gasteiger charge is 2.30. The summed E-state index contributed by atoms with van der Waals surface area (Å²) in [5.74, 6) is -0.657. The monoisotopic (exact) mass is 410 g/mol. The number of carbonyl (C=O) groups excluding carboxylic acids is 1. The summed E-state index contributed by atoms with van der Waals surface area (Å²) in [6.45, 7) is 0. The summed E-state index contributed by atoms with van der Waals surface area (Å²) in [6.07, 6.45) is -3.41. The molecular weight excluding hydrogens is 401 g/mol. The molecule has 0 saturated heterocycles. The predicted octanol–water partition coefficient (Wildman–Crippen LogP) is 4.56. The molecule has 2 aromatic carbocycles. The quantitative estimate of drug-likeness (QED) is 0.650. The Morgan fingerprint density at radius 3 is 2.52 bits per heavy atom. The number of anilines is 1. The van der Waals surface area contributed by atoms with Crippen molar-refractivity contribution in [2.45, 2.75) is 6.18 Å². The molecule has 128 valence electrons. The van der Waals surface area contributed by atoms with Gasteiger partial charge in [-0.05, 0) is 46.3 Å². The van der Waals surface area contributed by atoms with E-state index in [-0.39, 0.29) is 16.5 Å². The van der Waals surface area contributed by atoms with Crippen LogP contribution in [0, 0.1) is 0 Å². The summed E-state index contributed by atoms with van der Waals surface area (Å²) in [4.78, 5) is 27.3. The molecule has 0 aliphatic heterocycles. The van der Waals surface area contributed by atoms with E-state index in [0.29, 0.717) is 10.2 Å². The number of para-hydroxylation sites is 1. The number of H-pyrrole nitrogens is 1. The fourth-order valence-electron chi connectivity index (χ4n) is 2.32. The molecule has 0 aliphatic carbocycles. The van der Waals surface area contributed by atoms with Crippen LogP contribution < -0.4 is 10.7 Å². The maximum absolute atomic E-state index is 12.7. The van der Waals surface area contributed by atoms with Crippen LogP contribution in [-0.2, 0) is 6.18 Å². The lowest BCUT2D eigenvalue weighted by Gasteiger charge is -2.09. The Labute approximate surface area is 147 Å². The lowest BCUT2D eigenvalue weighted by atomic mass is 10.1. The molecule has 1 amide bonds. The molecule has 8 heteroatoms. The summed E-state index contributed by atoms with van der Waals surface area (Å²) in [6, 6.07) is 9.56. The van der Waals surface area contributed by atoms with Gasteiger partial charge in [-0.2, -0.15) is 13.2 Å². The largest absolute Gasteiger partial charge is 0.416 e. The van der Waals surface area contributed by atoms with Crippen LogP contribution in [0.5, 0.6) is 0 Å². The van der Waals surface area contributed by atoms with Crippen LogP contribution in [0.4, 0.5) is 18.9 Å². The van der Waals surface area contributed by atoms with Crippen molar-refractivity contribution in [3.05, 3.63) is 74.5 Å². The summed E-state index contributed by atoms with van der Waals surface area (Å²) in [5.41, 5.74) is -1.23. The Bertz CT molecular complexity index is 1030. The number of carbonyl (C=O) groups is 1. The van der Waals surface area contributed by atoms with Gasteiger partial charge in [-0.1, -0.05) is 12.1 Å². The van der Waals surface area contributed by atoms with Crippen molar-refractivity contribution in [1.29, 1.82) is 0 Å². The van der Waals surface area contributed by atoms with E-state index in [1.165, 1.54) is 0 Å². The second-order valence-corrected chi connectivity index (χ2v) is 6.08. The molecule has 4 nitrogen and oxygen atoms in total. The molecule has 3 aromatic rings. The standard InChI is InChI=1S/C17H10BrF3N2O2/c18-12-3-1-2-4-13(12)23-16(25)11-8-22-14-7-9(17(19,20)21)5-6-10(14)15(11)24/h1-8H,(H,22,24)(H,23,25). The number of amides is 1. The summed E-state index contributed by atoms with van der Waals surface area (Å²) in [5, 5.41) is 2.59. The molecule has 0 bridgehead atoms. The van der Waals surface area contributed by atoms with Crippen molar-refractivity contribution >= 4 is 38.4 Å². The van der Waals surface area contributed by atoms with Crippen molar-refractivity contribution in [2.24, 2.45) is 0 Å². The Morgan fingerprint density at radius 1 is 1.12 bits per heavy atom. The molecular formula is C17H10BrF3N2O2. The minimum absolute atomic E-state index is 0.00720. The number of hydrogen-bond acceptors (Lipinski definition) is 2. The third kappa shape index (κ3) is 3.43. The third-order valence-corrected chi connectivity index (χ3v) is 4.27. The molecule has 0 aliphatic rings. The zero-order chi connectivity index (χ0) is 18.2. The number of nitrogens with one attached hydrogen (secondary N) is 2. The molecule has 0 spiro atoms. The average molecular weight is 411 g/mol. The molecule has 3 rings (SSSR count). The number of hydrogen-bond donors (Lipinski definition) is 2. The van der Waals surface area contributed by atoms with Gasteiger partial charge < -0.3 is 10.3 Å². The van der Waals surface area contributed by atoms with Crippen molar-refractivity contribution < 1.29 is 18.0 Å². The van der Waals surface area contributed by atoms with Crippen LogP contribution in [0.3, 0.4) is 0 Å². The highest BCUT2D eigenvalue weighted by molar-refractivity contribution is 9.10. The number of alkyl halides is 3. The van der Waals surface area contributed by atoms with Gasteiger partial charge in [0.05, 0.1) is 11.3 Å². The van der Waals surface area contributed by atoms with E-state index in [1.807, 2.05) is 0 Å². The molecule has 25 heavy (non-hydrogen) atoms. The Balaban J connectivity index is 2.00. The highest BCUT2D eigenvalue weighted by Crippen LogP contribution is 2.30. The van der Waals surface area contributed by atoms with Crippen molar-refractivity contribution in [2.75, 3.05) is 5.32 Å². The summed E-state index contributed by atoms with van der Waals surface area (Å²) < 4.78 is 38.9. The number of pyridine rings is 1. The smallest absolute Gasteiger partial charge is 0.360 e. The minimum atomic E-state index is -4.51. The number of benzene rings is 2. The minimum Gasteiger partial charge on any atom is -0.360 e. The summed E-state index contributed by atoms with van der Waals surface area (Å²) in [7, 11) is 0. The fourth-order valence-corrected chi connectivity index (χ4v) is 2.70. The maximum atomic E-state index is 12.7. The second-order valence-electron chi connectivity index (χ2n) is 5.22. The number of fused-ring (bicyclic) bond motifs is 1. The first kappa shape index (κ1) is 17.2. The lowest BCUT2D eigenvalue weighted by molar-refractivity contribution is -0.137. The summed E-state index contributed by atoms with van der Waals surface area (Å²) >= 11 is 3.27. The van der Waals surface area contributed by atoms with Gasteiger partial charge in [0.1, 0.15) is 5.56 Å². The van der Waals surface area contributed by atoms with Gasteiger partial charge in [-0.25, -0.2) is 0 Å². The fraction of sp³-hybridized carbons (Fsp3) is 0.0588. The van der Waals surface area contributed by atoms with Crippen LogP contribution in [0.2, 0.25) is 0 Å². The van der Waals surface area contributed by atoms with Gasteiger partial charge in [-0.15, -0.1) is 0 Å². The topological polar surface area (TPSA) is 62.0 Å². The van der Waals surface area contributed by atoms with Gasteiger partial charge in [0.25, 0.3) is 5.91 Å².